The second-order valence-electron chi connectivity index (χ2n) is 4.27. The molecule has 0 saturated carbocycles. The molecule has 0 aliphatic heterocycles. The average Bonchev–Trinajstić information content (AvgIpc) is 3.00. The monoisotopic (exact) mass is 274 g/mol. The first-order chi connectivity index (χ1) is 9.24. The smallest absolute Gasteiger partial charge is 0.323 e. The van der Waals surface area contributed by atoms with Gasteiger partial charge in [-0.1, -0.05) is 6.92 Å². The minimum Gasteiger partial charge on any atom is -0.380 e. The standard InChI is InChI=1S/C13H14N4OS/c1-2-12-15-7-9(19-12)6-14-8-3-4-10-11(5-8)17-13(18)16-10/h3-5,7,14H,2,6H2,1H3,(H2,16,17,18). The fourth-order valence-electron chi connectivity index (χ4n) is 1.92. The van der Waals surface area contributed by atoms with Crippen molar-refractivity contribution in [2.75, 3.05) is 5.32 Å². The number of hydrogen-bond donors (Lipinski definition) is 3. The third kappa shape index (κ3) is 2.53. The van der Waals surface area contributed by atoms with Crippen LogP contribution in [-0.4, -0.2) is 15.0 Å². The Balaban J connectivity index is 1.75. The van der Waals surface area contributed by atoms with Gasteiger partial charge in [0.15, 0.2) is 0 Å². The molecule has 0 atom stereocenters. The van der Waals surface area contributed by atoms with E-state index in [9.17, 15) is 4.79 Å². The van der Waals surface area contributed by atoms with Crippen molar-refractivity contribution in [3.63, 3.8) is 0 Å². The van der Waals surface area contributed by atoms with Gasteiger partial charge in [-0.3, -0.25) is 0 Å². The lowest BCUT2D eigenvalue weighted by Gasteiger charge is -2.04. The highest BCUT2D eigenvalue weighted by Crippen LogP contribution is 2.18. The summed E-state index contributed by atoms with van der Waals surface area (Å²) in [5.74, 6) is 0. The maximum atomic E-state index is 11.2. The number of benzene rings is 1. The van der Waals surface area contributed by atoms with Crippen molar-refractivity contribution in [2.24, 2.45) is 0 Å². The molecule has 0 spiro atoms. The largest absolute Gasteiger partial charge is 0.380 e. The van der Waals surface area contributed by atoms with Gasteiger partial charge in [-0.05, 0) is 24.6 Å². The predicted molar refractivity (Wildman–Crippen MR) is 77.7 cm³/mol. The van der Waals surface area contributed by atoms with Crippen molar-refractivity contribution in [2.45, 2.75) is 19.9 Å². The summed E-state index contributed by atoms with van der Waals surface area (Å²) in [7, 11) is 0. The van der Waals surface area contributed by atoms with Crippen molar-refractivity contribution in [3.05, 3.63) is 44.8 Å². The average molecular weight is 274 g/mol. The van der Waals surface area contributed by atoms with Crippen molar-refractivity contribution < 1.29 is 0 Å². The molecule has 0 bridgehead atoms. The highest BCUT2D eigenvalue weighted by Gasteiger charge is 2.02. The van der Waals surface area contributed by atoms with Gasteiger partial charge in [-0.15, -0.1) is 11.3 Å². The number of nitrogens with one attached hydrogen (secondary N) is 3. The van der Waals surface area contributed by atoms with Gasteiger partial charge in [0, 0.05) is 16.8 Å². The Kier molecular flexibility index (Phi) is 3.08. The van der Waals surface area contributed by atoms with Crippen LogP contribution in [0.3, 0.4) is 0 Å². The van der Waals surface area contributed by atoms with E-state index in [4.69, 9.17) is 0 Å². The van der Waals surface area contributed by atoms with Crippen molar-refractivity contribution in [1.82, 2.24) is 15.0 Å². The summed E-state index contributed by atoms with van der Waals surface area (Å²) < 4.78 is 0. The van der Waals surface area contributed by atoms with E-state index < -0.39 is 0 Å². The van der Waals surface area contributed by atoms with E-state index in [-0.39, 0.29) is 5.69 Å². The fourth-order valence-corrected chi connectivity index (χ4v) is 2.73. The fraction of sp³-hybridized carbons (Fsp3) is 0.231. The Hall–Kier alpha value is -2.08. The molecule has 1 aromatic carbocycles. The number of fused-ring (bicyclic) bond motifs is 1. The zero-order valence-corrected chi connectivity index (χ0v) is 11.3. The molecule has 5 nitrogen and oxygen atoms in total. The molecule has 19 heavy (non-hydrogen) atoms. The molecule has 0 fully saturated rings. The van der Waals surface area contributed by atoms with Crippen LogP contribution in [0.2, 0.25) is 0 Å². The summed E-state index contributed by atoms with van der Waals surface area (Å²) in [4.78, 5) is 22.2. The minimum absolute atomic E-state index is 0.179. The van der Waals surface area contributed by atoms with Gasteiger partial charge in [0.1, 0.15) is 0 Å². The molecule has 2 aromatic heterocycles. The van der Waals surface area contributed by atoms with Crippen LogP contribution in [-0.2, 0) is 13.0 Å². The Bertz CT molecular complexity index is 755. The van der Waals surface area contributed by atoms with Gasteiger partial charge in [0.05, 0.1) is 22.6 Å². The summed E-state index contributed by atoms with van der Waals surface area (Å²) in [6.45, 7) is 2.85. The first-order valence-electron chi connectivity index (χ1n) is 6.14. The summed E-state index contributed by atoms with van der Waals surface area (Å²) in [5, 5.41) is 4.49. The molecule has 0 aliphatic rings. The van der Waals surface area contributed by atoms with Crippen LogP contribution in [0.15, 0.2) is 29.2 Å². The molecule has 3 rings (SSSR count). The first-order valence-corrected chi connectivity index (χ1v) is 6.96. The Morgan fingerprint density at radius 1 is 1.32 bits per heavy atom. The van der Waals surface area contributed by atoms with Crippen LogP contribution in [0.4, 0.5) is 5.69 Å². The lowest BCUT2D eigenvalue weighted by Crippen LogP contribution is -1.99. The summed E-state index contributed by atoms with van der Waals surface area (Å²) in [5.41, 5.74) is 2.44. The lowest BCUT2D eigenvalue weighted by molar-refractivity contribution is 1.09. The molecular weight excluding hydrogens is 260 g/mol. The minimum atomic E-state index is -0.179. The topological polar surface area (TPSA) is 73.6 Å². The zero-order chi connectivity index (χ0) is 13.2. The number of imidazole rings is 1. The number of thiazole rings is 1. The zero-order valence-electron chi connectivity index (χ0n) is 10.5. The van der Waals surface area contributed by atoms with E-state index in [1.165, 1.54) is 4.88 Å². The van der Waals surface area contributed by atoms with E-state index in [0.717, 1.165) is 34.7 Å². The SMILES string of the molecule is CCc1ncc(CNc2ccc3[nH]c(=O)[nH]c3c2)s1. The summed E-state index contributed by atoms with van der Waals surface area (Å²) in [6.07, 6.45) is 2.88. The Morgan fingerprint density at radius 3 is 2.95 bits per heavy atom. The molecule has 6 heteroatoms. The number of aromatic amines is 2. The van der Waals surface area contributed by atoms with E-state index >= 15 is 0 Å². The second kappa shape index (κ2) is 4.89. The second-order valence-corrected chi connectivity index (χ2v) is 5.47. The van der Waals surface area contributed by atoms with E-state index in [2.05, 4.69) is 27.2 Å². The molecule has 0 saturated heterocycles. The molecule has 98 valence electrons. The lowest BCUT2D eigenvalue weighted by atomic mass is 10.3. The normalized spacial score (nSPS) is 11.0. The third-order valence-corrected chi connectivity index (χ3v) is 4.03. The molecule has 3 N–H and O–H groups in total. The predicted octanol–water partition coefficient (Wildman–Crippen LogP) is 2.49. The van der Waals surface area contributed by atoms with Crippen LogP contribution in [0.1, 0.15) is 16.8 Å². The first kappa shape index (κ1) is 12.0. The maximum absolute atomic E-state index is 11.2. The van der Waals surface area contributed by atoms with Crippen molar-refractivity contribution >= 4 is 28.1 Å². The Morgan fingerprint density at radius 2 is 2.16 bits per heavy atom. The summed E-state index contributed by atoms with van der Waals surface area (Å²) in [6, 6.07) is 5.77. The number of hydrogen-bond acceptors (Lipinski definition) is 4. The number of nitrogens with zero attached hydrogens (tertiary/aromatic N) is 1. The highest BCUT2D eigenvalue weighted by molar-refractivity contribution is 7.11. The van der Waals surface area contributed by atoms with Crippen LogP contribution < -0.4 is 11.0 Å². The molecule has 0 aliphatic carbocycles. The van der Waals surface area contributed by atoms with Crippen LogP contribution in [0.5, 0.6) is 0 Å². The molecular formula is C13H14N4OS. The van der Waals surface area contributed by atoms with Gasteiger partial charge in [-0.25, -0.2) is 9.78 Å². The van der Waals surface area contributed by atoms with E-state index in [1.54, 1.807) is 11.3 Å². The number of H-pyrrole nitrogens is 2. The molecule has 3 aromatic rings. The maximum Gasteiger partial charge on any atom is 0.323 e. The molecule has 0 radical (unpaired) electrons. The molecule has 0 amide bonds. The molecule has 2 heterocycles. The number of aromatic nitrogens is 3. The van der Waals surface area contributed by atoms with Gasteiger partial charge in [0.2, 0.25) is 0 Å². The summed E-state index contributed by atoms with van der Waals surface area (Å²) >= 11 is 1.72. The quantitative estimate of drug-likeness (QED) is 0.684. The number of anilines is 1. The molecule has 0 unspecified atom stereocenters. The van der Waals surface area contributed by atoms with Gasteiger partial charge in [-0.2, -0.15) is 0 Å². The number of rotatable bonds is 4. The highest BCUT2D eigenvalue weighted by atomic mass is 32.1. The van der Waals surface area contributed by atoms with Gasteiger partial charge >= 0.3 is 5.69 Å². The van der Waals surface area contributed by atoms with E-state index in [0.29, 0.717) is 0 Å². The van der Waals surface area contributed by atoms with Crippen molar-refractivity contribution in [1.29, 1.82) is 0 Å². The van der Waals surface area contributed by atoms with Gasteiger partial charge < -0.3 is 15.3 Å². The third-order valence-electron chi connectivity index (χ3n) is 2.89. The van der Waals surface area contributed by atoms with E-state index in [1.807, 2.05) is 24.4 Å². The Labute approximate surface area is 113 Å². The van der Waals surface area contributed by atoms with Crippen LogP contribution in [0, 0.1) is 0 Å². The van der Waals surface area contributed by atoms with Crippen LogP contribution in [0.25, 0.3) is 11.0 Å². The van der Waals surface area contributed by atoms with Gasteiger partial charge in [0.25, 0.3) is 0 Å². The van der Waals surface area contributed by atoms with Crippen LogP contribution >= 0.6 is 11.3 Å². The van der Waals surface area contributed by atoms with Crippen molar-refractivity contribution in [3.8, 4) is 0 Å². The number of aryl methyl sites for hydroxylation is 1.